The second-order valence-corrected chi connectivity index (χ2v) is 13.2. The van der Waals surface area contributed by atoms with Crippen LogP contribution in [0.5, 0.6) is 5.75 Å². The maximum Gasteiger partial charge on any atom is 0.258 e. The third-order valence-electron chi connectivity index (χ3n) is 8.51. The fraction of sp³-hybridized carbons (Fsp3) is 0.581. The zero-order valence-corrected chi connectivity index (χ0v) is 26.8. The van der Waals surface area contributed by atoms with Crippen molar-refractivity contribution in [3.05, 3.63) is 40.8 Å². The molecule has 1 aliphatic rings. The van der Waals surface area contributed by atoms with Crippen molar-refractivity contribution in [1.82, 2.24) is 30.4 Å². The quantitative estimate of drug-likeness (QED) is 0.239. The van der Waals surface area contributed by atoms with E-state index in [4.69, 9.17) is 16.3 Å². The van der Waals surface area contributed by atoms with Crippen LogP contribution in [0.15, 0.2) is 24.3 Å². The lowest BCUT2D eigenvalue weighted by Crippen LogP contribution is -2.62. The van der Waals surface area contributed by atoms with Gasteiger partial charge in [-0.2, -0.15) is 0 Å². The molecule has 234 valence electrons. The van der Waals surface area contributed by atoms with Crippen LogP contribution in [0.1, 0.15) is 98.0 Å². The van der Waals surface area contributed by atoms with Gasteiger partial charge in [0.25, 0.3) is 5.91 Å². The molecule has 1 fully saturated rings. The van der Waals surface area contributed by atoms with E-state index in [1.807, 2.05) is 18.4 Å². The van der Waals surface area contributed by atoms with Crippen molar-refractivity contribution in [2.45, 2.75) is 103 Å². The predicted octanol–water partition coefficient (Wildman–Crippen LogP) is 5.04. The Hall–Kier alpha value is -3.60. The van der Waals surface area contributed by atoms with Crippen LogP contribution in [0.25, 0.3) is 5.65 Å². The number of hydrogen-bond donors (Lipinski definition) is 4. The number of nitrogens with one attached hydrogen (secondary N) is 4. The minimum atomic E-state index is -0.641. The van der Waals surface area contributed by atoms with Gasteiger partial charge < -0.3 is 20.7 Å². The normalized spacial score (nSPS) is 20.5. The van der Waals surface area contributed by atoms with Crippen molar-refractivity contribution < 1.29 is 19.1 Å². The molecule has 3 amide bonds. The lowest BCUT2D eigenvalue weighted by atomic mass is 9.62. The molecule has 0 spiro atoms. The summed E-state index contributed by atoms with van der Waals surface area (Å²) in [6.07, 6.45) is 5.55. The average molecular weight is 614 g/mol. The first-order valence-corrected chi connectivity index (χ1v) is 15.4. The number of amides is 3. The summed E-state index contributed by atoms with van der Waals surface area (Å²) in [4.78, 5) is 37.7. The van der Waals surface area contributed by atoms with E-state index in [-0.39, 0.29) is 36.3 Å². The van der Waals surface area contributed by atoms with Gasteiger partial charge in [0.15, 0.2) is 18.1 Å². The number of ether oxygens (including phenoxy) is 1. The molecule has 1 aliphatic carbocycles. The minimum absolute atomic E-state index is 0.145. The highest BCUT2D eigenvalue weighted by atomic mass is 35.5. The number of para-hydroxylation sites is 2. The van der Waals surface area contributed by atoms with Crippen molar-refractivity contribution in [1.29, 1.82) is 0 Å². The van der Waals surface area contributed by atoms with E-state index in [0.29, 0.717) is 28.5 Å². The molecule has 2 heterocycles. The molecule has 11 nitrogen and oxygen atoms in total. The molecular formula is C31H44ClN7O4. The molecule has 3 aromatic rings. The van der Waals surface area contributed by atoms with Crippen LogP contribution in [0.2, 0.25) is 5.02 Å². The summed E-state index contributed by atoms with van der Waals surface area (Å²) >= 11 is 6.70. The number of hydrogen-bond acceptors (Lipinski definition) is 6. The molecule has 2 atom stereocenters. The van der Waals surface area contributed by atoms with Crippen molar-refractivity contribution >= 4 is 40.7 Å². The number of carbonyl (C=O) groups is 3. The van der Waals surface area contributed by atoms with Crippen LogP contribution in [0.4, 0.5) is 5.69 Å². The second kappa shape index (κ2) is 13.0. The van der Waals surface area contributed by atoms with Gasteiger partial charge in [-0.25, -0.2) is 4.52 Å². The number of aromatic amines is 1. The summed E-state index contributed by atoms with van der Waals surface area (Å²) in [7, 11) is 0. The average Bonchev–Trinajstić information content (AvgIpc) is 3.52. The Labute approximate surface area is 257 Å². The first-order chi connectivity index (χ1) is 20.3. The van der Waals surface area contributed by atoms with Crippen LogP contribution in [-0.2, 0) is 25.2 Å². The highest BCUT2D eigenvalue weighted by molar-refractivity contribution is 6.34. The fourth-order valence-electron chi connectivity index (χ4n) is 5.71. The third-order valence-corrected chi connectivity index (χ3v) is 8.86. The monoisotopic (exact) mass is 613 g/mol. The Balaban J connectivity index is 1.45. The molecular weight excluding hydrogens is 570 g/mol. The molecule has 4 N–H and O–H groups in total. The van der Waals surface area contributed by atoms with E-state index in [0.717, 1.165) is 50.0 Å². The van der Waals surface area contributed by atoms with Gasteiger partial charge in [0.2, 0.25) is 11.8 Å². The SMILES string of the molecule is CCCCC(=O)NCC(=O)Nc1ccccc1OCC(=O)NC1(C)CCCCC1(C)c1nnc2c(Cl)c(C(C)(C)C)[nH]n12. The van der Waals surface area contributed by atoms with E-state index in [1.165, 1.54) is 0 Å². The van der Waals surface area contributed by atoms with Crippen molar-refractivity contribution in [3.63, 3.8) is 0 Å². The van der Waals surface area contributed by atoms with Gasteiger partial charge in [-0.1, -0.05) is 77.6 Å². The molecule has 1 saturated carbocycles. The first-order valence-electron chi connectivity index (χ1n) is 15.0. The van der Waals surface area contributed by atoms with Gasteiger partial charge in [0, 0.05) is 17.4 Å². The number of carbonyl (C=O) groups excluding carboxylic acids is 3. The summed E-state index contributed by atoms with van der Waals surface area (Å²) in [5.41, 5.74) is 0.471. The minimum Gasteiger partial charge on any atom is -0.482 e. The maximum atomic E-state index is 13.4. The number of benzene rings is 1. The predicted molar refractivity (Wildman–Crippen MR) is 167 cm³/mol. The molecule has 4 rings (SSSR count). The number of unbranched alkanes of at least 4 members (excludes halogenated alkanes) is 1. The van der Waals surface area contributed by atoms with Crippen molar-refractivity contribution in [2.75, 3.05) is 18.5 Å². The number of anilines is 1. The van der Waals surface area contributed by atoms with Gasteiger partial charge in [-0.3, -0.25) is 19.5 Å². The molecule has 12 heteroatoms. The summed E-state index contributed by atoms with van der Waals surface area (Å²) in [5, 5.41) is 21.6. The molecule has 0 aliphatic heterocycles. The fourth-order valence-corrected chi connectivity index (χ4v) is 6.16. The lowest BCUT2D eigenvalue weighted by molar-refractivity contribution is -0.126. The van der Waals surface area contributed by atoms with Gasteiger partial charge >= 0.3 is 0 Å². The van der Waals surface area contributed by atoms with Crippen molar-refractivity contribution in [3.8, 4) is 5.75 Å². The molecule has 43 heavy (non-hydrogen) atoms. The van der Waals surface area contributed by atoms with Crippen LogP contribution in [-0.4, -0.2) is 56.2 Å². The van der Waals surface area contributed by atoms with Crippen LogP contribution >= 0.6 is 11.6 Å². The standard InChI is InChI=1S/C31H44ClN7O4/c1-7-8-15-22(40)33-18-23(41)34-20-13-9-10-14-21(20)43-19-24(42)35-31(6)17-12-11-16-30(31,5)28-37-36-27-25(32)26(29(2,3)4)38-39(27)28/h9-10,13-14,38H,7-8,11-12,15-19H2,1-6H3,(H,33,40)(H,34,41)(H,35,42). The first kappa shape index (κ1) is 32.3. The zero-order chi connectivity index (χ0) is 31.4. The Morgan fingerprint density at radius 3 is 2.51 bits per heavy atom. The number of fused-ring (bicyclic) bond motifs is 1. The Kier molecular flexibility index (Phi) is 9.73. The van der Waals surface area contributed by atoms with Gasteiger partial charge in [0.05, 0.1) is 23.3 Å². The lowest BCUT2D eigenvalue weighted by Gasteiger charge is -2.49. The molecule has 2 unspecified atom stereocenters. The number of rotatable bonds is 11. The smallest absolute Gasteiger partial charge is 0.258 e. The molecule has 0 radical (unpaired) electrons. The zero-order valence-electron chi connectivity index (χ0n) is 26.0. The summed E-state index contributed by atoms with van der Waals surface area (Å²) in [6, 6.07) is 6.89. The van der Waals surface area contributed by atoms with E-state index in [1.54, 1.807) is 24.3 Å². The van der Waals surface area contributed by atoms with E-state index in [9.17, 15) is 14.4 Å². The summed E-state index contributed by atoms with van der Waals surface area (Å²) in [5.74, 6) is 0.241. The Morgan fingerprint density at radius 1 is 1.07 bits per heavy atom. The largest absolute Gasteiger partial charge is 0.482 e. The highest BCUT2D eigenvalue weighted by Gasteiger charge is 2.51. The van der Waals surface area contributed by atoms with E-state index >= 15 is 0 Å². The van der Waals surface area contributed by atoms with Crippen molar-refractivity contribution in [2.24, 2.45) is 0 Å². The molecule has 2 aromatic heterocycles. The number of nitrogens with zero attached hydrogens (tertiary/aromatic N) is 3. The number of halogens is 1. The third kappa shape index (κ3) is 6.98. The number of H-pyrrole nitrogens is 1. The van der Waals surface area contributed by atoms with Crippen LogP contribution in [0, 0.1) is 0 Å². The Bertz CT molecular complexity index is 1480. The number of aromatic nitrogens is 4. The molecule has 1 aromatic carbocycles. The van der Waals surface area contributed by atoms with Crippen LogP contribution < -0.4 is 20.7 Å². The molecule has 0 saturated heterocycles. The van der Waals surface area contributed by atoms with Gasteiger partial charge in [-0.05, 0) is 38.3 Å². The highest BCUT2D eigenvalue weighted by Crippen LogP contribution is 2.46. The molecule has 0 bridgehead atoms. The maximum absolute atomic E-state index is 13.4. The topological polar surface area (TPSA) is 143 Å². The Morgan fingerprint density at radius 2 is 1.79 bits per heavy atom. The van der Waals surface area contributed by atoms with Gasteiger partial charge in [0.1, 0.15) is 10.8 Å². The summed E-state index contributed by atoms with van der Waals surface area (Å²) < 4.78 is 7.74. The second-order valence-electron chi connectivity index (χ2n) is 12.9. The van der Waals surface area contributed by atoms with Crippen LogP contribution in [0.3, 0.4) is 0 Å². The summed E-state index contributed by atoms with van der Waals surface area (Å²) in [6.45, 7) is 12.0. The van der Waals surface area contributed by atoms with Gasteiger partial charge in [-0.15, -0.1) is 10.2 Å². The van der Waals surface area contributed by atoms with E-state index in [2.05, 4.69) is 58.9 Å². The van der Waals surface area contributed by atoms with E-state index < -0.39 is 11.0 Å².